The summed E-state index contributed by atoms with van der Waals surface area (Å²) in [6, 6.07) is 6.63. The molecular formula is C20H35IN4O2. The van der Waals surface area contributed by atoms with Gasteiger partial charge in [0.1, 0.15) is 0 Å². The Morgan fingerprint density at radius 2 is 1.96 bits per heavy atom. The van der Waals surface area contributed by atoms with Crippen molar-refractivity contribution in [3.63, 3.8) is 0 Å². The summed E-state index contributed by atoms with van der Waals surface area (Å²) in [5, 5.41) is 3.22. The van der Waals surface area contributed by atoms with E-state index in [-0.39, 0.29) is 24.0 Å². The van der Waals surface area contributed by atoms with Crippen LogP contribution in [0.5, 0.6) is 11.5 Å². The molecule has 0 saturated carbocycles. The smallest absolute Gasteiger partial charge is 0.188 e. The summed E-state index contributed by atoms with van der Waals surface area (Å²) in [6.07, 6.45) is 3.34. The summed E-state index contributed by atoms with van der Waals surface area (Å²) < 4.78 is 11.3. The average Bonchev–Trinajstić information content (AvgIpc) is 3.10. The zero-order valence-corrected chi connectivity index (χ0v) is 19.2. The number of rotatable bonds is 10. The number of nitrogens with two attached hydrogens (primary N) is 1. The van der Waals surface area contributed by atoms with E-state index in [4.69, 9.17) is 15.2 Å². The molecule has 1 aliphatic heterocycles. The Balaban J connectivity index is 0.00000364. The lowest BCUT2D eigenvalue weighted by Gasteiger charge is -2.21. The van der Waals surface area contributed by atoms with Crippen molar-refractivity contribution in [1.82, 2.24) is 10.2 Å². The maximum absolute atomic E-state index is 6.02. The van der Waals surface area contributed by atoms with Gasteiger partial charge in [0.15, 0.2) is 17.5 Å². The van der Waals surface area contributed by atoms with E-state index in [0.717, 1.165) is 37.6 Å². The molecule has 1 atom stereocenters. The van der Waals surface area contributed by atoms with Gasteiger partial charge in [0, 0.05) is 12.6 Å². The van der Waals surface area contributed by atoms with E-state index in [2.05, 4.69) is 28.2 Å². The van der Waals surface area contributed by atoms with Crippen molar-refractivity contribution in [2.45, 2.75) is 46.1 Å². The van der Waals surface area contributed by atoms with E-state index in [1.807, 2.05) is 26.0 Å². The lowest BCUT2D eigenvalue weighted by atomic mass is 10.1. The molecule has 2 rings (SSSR count). The average molecular weight is 490 g/mol. The third kappa shape index (κ3) is 7.73. The Morgan fingerprint density at radius 1 is 1.22 bits per heavy atom. The highest BCUT2D eigenvalue weighted by atomic mass is 127. The molecule has 1 aromatic rings. The summed E-state index contributed by atoms with van der Waals surface area (Å²) in [5.74, 6) is 2.13. The molecule has 6 nitrogen and oxygen atoms in total. The normalized spacial score (nSPS) is 17.4. The monoisotopic (exact) mass is 490 g/mol. The molecule has 0 radical (unpaired) electrons. The van der Waals surface area contributed by atoms with Crippen molar-refractivity contribution in [2.75, 3.05) is 39.4 Å². The van der Waals surface area contributed by atoms with Gasteiger partial charge in [-0.25, -0.2) is 0 Å². The maximum Gasteiger partial charge on any atom is 0.188 e. The SMILES string of the molecule is CCOc1ccc(CCNC(N)=NCC2CCCN2CC)cc1OCC.I. The van der Waals surface area contributed by atoms with Crippen molar-refractivity contribution in [3.05, 3.63) is 23.8 Å². The molecule has 1 heterocycles. The number of halogens is 1. The second-order valence-corrected chi connectivity index (χ2v) is 6.47. The summed E-state index contributed by atoms with van der Waals surface area (Å²) in [5.41, 5.74) is 7.21. The number of likely N-dealkylation sites (tertiary alicyclic amines) is 1. The molecule has 1 aromatic carbocycles. The van der Waals surface area contributed by atoms with E-state index in [1.165, 1.54) is 24.9 Å². The van der Waals surface area contributed by atoms with Crippen LogP contribution in [0.2, 0.25) is 0 Å². The molecule has 154 valence electrons. The van der Waals surface area contributed by atoms with Crippen LogP contribution in [0.3, 0.4) is 0 Å². The molecule has 7 heteroatoms. The van der Waals surface area contributed by atoms with Crippen LogP contribution in [0.25, 0.3) is 0 Å². The minimum Gasteiger partial charge on any atom is -0.490 e. The van der Waals surface area contributed by atoms with Gasteiger partial charge in [-0.2, -0.15) is 0 Å². The lowest BCUT2D eigenvalue weighted by molar-refractivity contribution is 0.273. The number of likely N-dealkylation sites (N-methyl/N-ethyl adjacent to an activating group) is 1. The summed E-state index contributed by atoms with van der Waals surface area (Å²) in [4.78, 5) is 7.00. The predicted molar refractivity (Wildman–Crippen MR) is 123 cm³/mol. The van der Waals surface area contributed by atoms with Gasteiger partial charge in [0.2, 0.25) is 0 Å². The maximum atomic E-state index is 6.02. The van der Waals surface area contributed by atoms with Crippen molar-refractivity contribution in [3.8, 4) is 11.5 Å². The molecule has 27 heavy (non-hydrogen) atoms. The first-order valence-corrected chi connectivity index (χ1v) is 9.84. The highest BCUT2D eigenvalue weighted by Gasteiger charge is 2.22. The van der Waals surface area contributed by atoms with Gasteiger partial charge in [0.05, 0.1) is 19.8 Å². The van der Waals surface area contributed by atoms with E-state index in [9.17, 15) is 0 Å². The number of nitrogens with one attached hydrogen (secondary N) is 1. The molecule has 0 bridgehead atoms. The number of nitrogens with zero attached hydrogens (tertiary/aromatic N) is 2. The second-order valence-electron chi connectivity index (χ2n) is 6.47. The highest BCUT2D eigenvalue weighted by molar-refractivity contribution is 14.0. The van der Waals surface area contributed by atoms with E-state index in [1.54, 1.807) is 0 Å². The van der Waals surface area contributed by atoms with Gasteiger partial charge >= 0.3 is 0 Å². The van der Waals surface area contributed by atoms with Gasteiger partial charge in [-0.15, -0.1) is 24.0 Å². The largest absolute Gasteiger partial charge is 0.490 e. The standard InChI is InChI=1S/C20H34N4O2.HI/c1-4-24-13-7-8-17(24)15-23-20(21)22-12-11-16-9-10-18(25-5-2)19(14-16)26-6-3;/h9-10,14,17H,4-8,11-13,15H2,1-3H3,(H3,21,22,23);1H. The van der Waals surface area contributed by atoms with Crippen molar-refractivity contribution in [2.24, 2.45) is 10.7 Å². The molecule has 1 fully saturated rings. The fourth-order valence-electron chi connectivity index (χ4n) is 3.36. The minimum absolute atomic E-state index is 0. The molecule has 0 spiro atoms. The number of ether oxygens (including phenoxy) is 2. The van der Waals surface area contributed by atoms with Gasteiger partial charge in [0.25, 0.3) is 0 Å². The summed E-state index contributed by atoms with van der Waals surface area (Å²) in [7, 11) is 0. The van der Waals surface area contributed by atoms with Crippen LogP contribution in [0, 0.1) is 0 Å². The van der Waals surface area contributed by atoms with Gasteiger partial charge < -0.3 is 20.5 Å². The van der Waals surface area contributed by atoms with Gasteiger partial charge in [-0.3, -0.25) is 9.89 Å². The van der Waals surface area contributed by atoms with Crippen molar-refractivity contribution >= 4 is 29.9 Å². The van der Waals surface area contributed by atoms with Crippen LogP contribution >= 0.6 is 24.0 Å². The Bertz CT molecular complexity index is 583. The zero-order chi connectivity index (χ0) is 18.8. The third-order valence-electron chi connectivity index (χ3n) is 4.71. The summed E-state index contributed by atoms with van der Waals surface area (Å²) in [6.45, 7) is 11.2. The molecule has 1 unspecified atom stereocenters. The predicted octanol–water partition coefficient (Wildman–Crippen LogP) is 3.03. The molecule has 0 aromatic heterocycles. The number of hydrogen-bond donors (Lipinski definition) is 2. The fraction of sp³-hybridized carbons (Fsp3) is 0.650. The number of guanidine groups is 1. The van der Waals surface area contributed by atoms with E-state index >= 15 is 0 Å². The first-order chi connectivity index (χ1) is 12.7. The Kier molecular flexibility index (Phi) is 11.5. The summed E-state index contributed by atoms with van der Waals surface area (Å²) >= 11 is 0. The fourth-order valence-corrected chi connectivity index (χ4v) is 3.36. The Labute approximate surface area is 180 Å². The number of aliphatic imine (C=N–C) groups is 1. The Morgan fingerprint density at radius 3 is 2.67 bits per heavy atom. The molecule has 1 aliphatic rings. The number of benzene rings is 1. The highest BCUT2D eigenvalue weighted by Crippen LogP contribution is 2.28. The first-order valence-electron chi connectivity index (χ1n) is 9.84. The van der Waals surface area contributed by atoms with E-state index < -0.39 is 0 Å². The molecular weight excluding hydrogens is 455 g/mol. The van der Waals surface area contributed by atoms with Crippen LogP contribution in [0.1, 0.15) is 39.2 Å². The van der Waals surface area contributed by atoms with Gasteiger partial charge in [-0.05, 0) is 63.9 Å². The third-order valence-corrected chi connectivity index (χ3v) is 4.71. The van der Waals surface area contributed by atoms with Crippen LogP contribution in [0.15, 0.2) is 23.2 Å². The quantitative estimate of drug-likeness (QED) is 0.300. The topological polar surface area (TPSA) is 72.1 Å². The Hall–Kier alpha value is -1.22. The second kappa shape index (κ2) is 13.0. The van der Waals surface area contributed by atoms with Crippen LogP contribution < -0.4 is 20.5 Å². The molecule has 0 aliphatic carbocycles. The molecule has 1 saturated heterocycles. The van der Waals surface area contributed by atoms with Crippen molar-refractivity contribution in [1.29, 1.82) is 0 Å². The minimum atomic E-state index is 0. The first kappa shape index (κ1) is 23.8. The van der Waals surface area contributed by atoms with Crippen LogP contribution in [-0.4, -0.2) is 56.3 Å². The van der Waals surface area contributed by atoms with E-state index in [0.29, 0.717) is 25.2 Å². The molecule has 3 N–H and O–H groups in total. The van der Waals surface area contributed by atoms with Gasteiger partial charge in [-0.1, -0.05) is 13.0 Å². The zero-order valence-electron chi connectivity index (χ0n) is 16.9. The van der Waals surface area contributed by atoms with Crippen LogP contribution in [-0.2, 0) is 6.42 Å². The van der Waals surface area contributed by atoms with Crippen LogP contribution in [0.4, 0.5) is 0 Å². The lowest BCUT2D eigenvalue weighted by Crippen LogP contribution is -2.36. The van der Waals surface area contributed by atoms with Crippen molar-refractivity contribution < 1.29 is 9.47 Å². The number of hydrogen-bond acceptors (Lipinski definition) is 4. The molecule has 0 amide bonds.